The zero-order valence-electron chi connectivity index (χ0n) is 13.1. The SMILES string of the molecule is CCOC(=O)c1ccc2c(c1)c(-c1ccccc1)cn2C(C)=O. The van der Waals surface area contributed by atoms with Crippen LogP contribution >= 0.6 is 0 Å². The minimum absolute atomic E-state index is 0.0685. The van der Waals surface area contributed by atoms with Crippen LogP contribution in [0, 0.1) is 0 Å². The van der Waals surface area contributed by atoms with E-state index in [1.165, 1.54) is 6.92 Å². The lowest BCUT2D eigenvalue weighted by atomic mass is 10.0. The highest BCUT2D eigenvalue weighted by atomic mass is 16.5. The van der Waals surface area contributed by atoms with Crippen LogP contribution in [-0.4, -0.2) is 23.1 Å². The summed E-state index contributed by atoms with van der Waals surface area (Å²) in [5, 5.41) is 0.858. The molecule has 0 N–H and O–H groups in total. The quantitative estimate of drug-likeness (QED) is 0.683. The average Bonchev–Trinajstić information content (AvgIpc) is 2.95. The van der Waals surface area contributed by atoms with Crippen LogP contribution in [0.4, 0.5) is 0 Å². The van der Waals surface area contributed by atoms with Gasteiger partial charge in [0.1, 0.15) is 0 Å². The molecule has 0 aliphatic rings. The second-order valence-corrected chi connectivity index (χ2v) is 5.25. The van der Waals surface area contributed by atoms with Gasteiger partial charge in [-0.1, -0.05) is 30.3 Å². The molecule has 0 atom stereocenters. The zero-order valence-corrected chi connectivity index (χ0v) is 13.1. The Morgan fingerprint density at radius 3 is 2.48 bits per heavy atom. The third-order valence-electron chi connectivity index (χ3n) is 3.74. The molecule has 0 amide bonds. The van der Waals surface area contributed by atoms with Crippen molar-refractivity contribution in [3.8, 4) is 11.1 Å². The highest BCUT2D eigenvalue weighted by molar-refractivity contribution is 6.04. The molecule has 0 aliphatic carbocycles. The molecule has 1 heterocycles. The van der Waals surface area contributed by atoms with Gasteiger partial charge in [-0.05, 0) is 30.7 Å². The molecule has 116 valence electrons. The van der Waals surface area contributed by atoms with Crippen LogP contribution in [0.3, 0.4) is 0 Å². The number of carbonyl (C=O) groups is 2. The van der Waals surface area contributed by atoms with E-state index in [0.29, 0.717) is 12.2 Å². The second kappa shape index (κ2) is 6.08. The summed E-state index contributed by atoms with van der Waals surface area (Å²) in [6, 6.07) is 15.1. The number of carbonyl (C=O) groups excluding carboxylic acids is 2. The van der Waals surface area contributed by atoms with E-state index in [9.17, 15) is 9.59 Å². The molecule has 23 heavy (non-hydrogen) atoms. The highest BCUT2D eigenvalue weighted by Crippen LogP contribution is 2.31. The summed E-state index contributed by atoms with van der Waals surface area (Å²) in [5.74, 6) is -0.426. The van der Waals surface area contributed by atoms with Crippen molar-refractivity contribution in [2.24, 2.45) is 0 Å². The fourth-order valence-corrected chi connectivity index (χ4v) is 2.68. The first-order valence-electron chi connectivity index (χ1n) is 7.50. The number of hydrogen-bond acceptors (Lipinski definition) is 3. The first kappa shape index (κ1) is 15.0. The number of ether oxygens (including phenoxy) is 1. The fraction of sp³-hybridized carbons (Fsp3) is 0.158. The maximum atomic E-state index is 12.0. The zero-order chi connectivity index (χ0) is 16.4. The second-order valence-electron chi connectivity index (χ2n) is 5.25. The average molecular weight is 307 g/mol. The Morgan fingerprint density at radius 2 is 1.83 bits per heavy atom. The van der Waals surface area contributed by atoms with Crippen molar-refractivity contribution in [2.75, 3.05) is 6.61 Å². The van der Waals surface area contributed by atoms with Crippen molar-refractivity contribution in [3.63, 3.8) is 0 Å². The van der Waals surface area contributed by atoms with E-state index in [0.717, 1.165) is 22.0 Å². The smallest absolute Gasteiger partial charge is 0.338 e. The van der Waals surface area contributed by atoms with Crippen LogP contribution in [0.25, 0.3) is 22.0 Å². The van der Waals surface area contributed by atoms with Gasteiger partial charge in [0, 0.05) is 24.1 Å². The van der Waals surface area contributed by atoms with Crippen molar-refractivity contribution in [2.45, 2.75) is 13.8 Å². The number of rotatable bonds is 3. The molecule has 4 nitrogen and oxygen atoms in total. The van der Waals surface area contributed by atoms with E-state index < -0.39 is 0 Å². The molecule has 0 bridgehead atoms. The van der Waals surface area contributed by atoms with Gasteiger partial charge in [0.15, 0.2) is 0 Å². The highest BCUT2D eigenvalue weighted by Gasteiger charge is 2.15. The van der Waals surface area contributed by atoms with Gasteiger partial charge in [-0.3, -0.25) is 9.36 Å². The summed E-state index contributed by atoms with van der Waals surface area (Å²) in [6.07, 6.45) is 1.82. The molecule has 0 spiro atoms. The lowest BCUT2D eigenvalue weighted by Crippen LogP contribution is -2.05. The molecule has 0 saturated carbocycles. The maximum absolute atomic E-state index is 12.0. The Balaban J connectivity index is 2.24. The lowest BCUT2D eigenvalue weighted by Gasteiger charge is -2.04. The van der Waals surface area contributed by atoms with Crippen LogP contribution in [0.15, 0.2) is 54.7 Å². The van der Waals surface area contributed by atoms with E-state index in [4.69, 9.17) is 4.74 Å². The summed E-state index contributed by atoms with van der Waals surface area (Å²) in [5.41, 5.74) is 3.18. The molecule has 0 radical (unpaired) electrons. The molecule has 0 aliphatic heterocycles. The largest absolute Gasteiger partial charge is 0.462 e. The van der Waals surface area contributed by atoms with Crippen LogP contribution in [-0.2, 0) is 4.74 Å². The van der Waals surface area contributed by atoms with E-state index in [1.54, 1.807) is 29.7 Å². The van der Waals surface area contributed by atoms with Crippen molar-refractivity contribution in [1.29, 1.82) is 0 Å². The molecule has 3 aromatic rings. The summed E-state index contributed by atoms with van der Waals surface area (Å²) < 4.78 is 6.67. The minimum atomic E-state index is -0.357. The molecular formula is C19H17NO3. The van der Waals surface area contributed by atoms with Gasteiger partial charge < -0.3 is 4.74 Å². The van der Waals surface area contributed by atoms with Crippen molar-refractivity contribution >= 4 is 22.8 Å². The number of esters is 1. The van der Waals surface area contributed by atoms with Gasteiger partial charge in [-0.15, -0.1) is 0 Å². The van der Waals surface area contributed by atoms with Gasteiger partial charge in [0.25, 0.3) is 0 Å². The Labute approximate surface area is 134 Å². The van der Waals surface area contributed by atoms with Crippen LogP contribution in [0.2, 0.25) is 0 Å². The van der Waals surface area contributed by atoms with E-state index in [2.05, 4.69) is 0 Å². The summed E-state index contributed by atoms with van der Waals surface area (Å²) in [7, 11) is 0. The number of hydrogen-bond donors (Lipinski definition) is 0. The molecular weight excluding hydrogens is 290 g/mol. The van der Waals surface area contributed by atoms with E-state index in [-0.39, 0.29) is 11.9 Å². The van der Waals surface area contributed by atoms with Gasteiger partial charge in [-0.2, -0.15) is 0 Å². The molecule has 1 aromatic heterocycles. The standard InChI is InChI=1S/C19H17NO3/c1-3-23-19(22)15-9-10-18-16(11-15)17(12-20(18)13(2)21)14-7-5-4-6-8-14/h4-12H,3H2,1-2H3. The van der Waals surface area contributed by atoms with Gasteiger partial charge in [0.2, 0.25) is 5.91 Å². The molecule has 0 saturated heterocycles. The summed E-state index contributed by atoms with van der Waals surface area (Å²) in [4.78, 5) is 23.9. The van der Waals surface area contributed by atoms with Gasteiger partial charge in [-0.25, -0.2) is 4.79 Å². The molecule has 4 heteroatoms. The Bertz CT molecular complexity index is 878. The van der Waals surface area contributed by atoms with Crippen LogP contribution in [0.1, 0.15) is 29.0 Å². The Morgan fingerprint density at radius 1 is 1.09 bits per heavy atom. The predicted molar refractivity (Wildman–Crippen MR) is 89.6 cm³/mol. The Kier molecular flexibility index (Phi) is 3.98. The molecule has 0 fully saturated rings. The summed E-state index contributed by atoms with van der Waals surface area (Å²) >= 11 is 0. The van der Waals surface area contributed by atoms with E-state index >= 15 is 0 Å². The van der Waals surface area contributed by atoms with Crippen LogP contribution in [0.5, 0.6) is 0 Å². The predicted octanol–water partition coefficient (Wildman–Crippen LogP) is 4.15. The van der Waals surface area contributed by atoms with Crippen molar-refractivity contribution in [3.05, 3.63) is 60.3 Å². The topological polar surface area (TPSA) is 48.3 Å². The van der Waals surface area contributed by atoms with Crippen molar-refractivity contribution in [1.82, 2.24) is 4.57 Å². The minimum Gasteiger partial charge on any atom is -0.462 e. The number of nitrogens with zero attached hydrogens (tertiary/aromatic N) is 1. The number of benzene rings is 2. The monoisotopic (exact) mass is 307 g/mol. The first-order valence-corrected chi connectivity index (χ1v) is 7.50. The first-order chi connectivity index (χ1) is 11.1. The fourth-order valence-electron chi connectivity index (χ4n) is 2.68. The van der Waals surface area contributed by atoms with Gasteiger partial charge in [0.05, 0.1) is 17.7 Å². The third-order valence-corrected chi connectivity index (χ3v) is 3.74. The molecule has 3 rings (SSSR count). The number of aromatic nitrogens is 1. The van der Waals surface area contributed by atoms with Crippen LogP contribution < -0.4 is 0 Å². The maximum Gasteiger partial charge on any atom is 0.338 e. The normalized spacial score (nSPS) is 10.7. The number of fused-ring (bicyclic) bond motifs is 1. The van der Waals surface area contributed by atoms with E-state index in [1.807, 2.05) is 36.5 Å². The van der Waals surface area contributed by atoms with Gasteiger partial charge >= 0.3 is 5.97 Å². The summed E-state index contributed by atoms with van der Waals surface area (Å²) in [6.45, 7) is 3.63. The van der Waals surface area contributed by atoms with Crippen molar-refractivity contribution < 1.29 is 14.3 Å². The lowest BCUT2D eigenvalue weighted by molar-refractivity contribution is 0.0526. The molecule has 2 aromatic carbocycles. The molecule has 0 unspecified atom stereocenters. The third kappa shape index (κ3) is 2.75. The Hall–Kier alpha value is -2.88.